The zero-order chi connectivity index (χ0) is 15.9. The van der Waals surface area contributed by atoms with Crippen molar-refractivity contribution in [1.82, 2.24) is 20.4 Å². The van der Waals surface area contributed by atoms with Crippen LogP contribution >= 0.6 is 0 Å². The van der Waals surface area contributed by atoms with E-state index in [2.05, 4.69) is 31.8 Å². The first-order valence-electron chi connectivity index (χ1n) is 7.72. The van der Waals surface area contributed by atoms with Gasteiger partial charge in [-0.15, -0.1) is 0 Å². The summed E-state index contributed by atoms with van der Waals surface area (Å²) in [4.78, 5) is 14.3. The molecule has 23 heavy (non-hydrogen) atoms. The van der Waals surface area contributed by atoms with Crippen molar-refractivity contribution in [2.24, 2.45) is 0 Å². The lowest BCUT2D eigenvalue weighted by atomic mass is 10.1. The van der Waals surface area contributed by atoms with Crippen LogP contribution < -0.4 is 10.6 Å². The highest BCUT2D eigenvalue weighted by molar-refractivity contribution is 5.88. The summed E-state index contributed by atoms with van der Waals surface area (Å²) in [6, 6.07) is 7.94. The van der Waals surface area contributed by atoms with E-state index in [1.165, 1.54) is 5.56 Å². The van der Waals surface area contributed by atoms with Gasteiger partial charge in [0.1, 0.15) is 0 Å². The predicted octanol–water partition coefficient (Wildman–Crippen LogP) is 1.56. The molecule has 0 bridgehead atoms. The van der Waals surface area contributed by atoms with Gasteiger partial charge in [-0.2, -0.15) is 5.10 Å². The minimum absolute atomic E-state index is 0.243. The number of H-pyrrole nitrogens is 1. The van der Waals surface area contributed by atoms with E-state index in [1.807, 2.05) is 18.2 Å². The first-order valence-corrected chi connectivity index (χ1v) is 7.72. The van der Waals surface area contributed by atoms with E-state index in [4.69, 9.17) is 4.74 Å². The van der Waals surface area contributed by atoms with Crippen molar-refractivity contribution < 1.29 is 9.53 Å². The number of ether oxygens (including phenoxy) is 1. The number of aromatic amines is 1. The van der Waals surface area contributed by atoms with Crippen molar-refractivity contribution in [3.05, 3.63) is 47.8 Å². The highest BCUT2D eigenvalue weighted by Gasteiger charge is 2.13. The maximum absolute atomic E-state index is 11.9. The lowest BCUT2D eigenvalue weighted by Gasteiger charge is -2.27. The number of morpholine rings is 1. The molecule has 0 aliphatic carbocycles. The zero-order valence-corrected chi connectivity index (χ0v) is 12.9. The largest absolute Gasteiger partial charge is 0.379 e. The van der Waals surface area contributed by atoms with Crippen LogP contribution in [0.2, 0.25) is 0 Å². The van der Waals surface area contributed by atoms with Gasteiger partial charge in [0.05, 0.1) is 25.1 Å². The Bertz CT molecular complexity index is 623. The van der Waals surface area contributed by atoms with Gasteiger partial charge in [0, 0.05) is 32.4 Å². The number of urea groups is 1. The quantitative estimate of drug-likeness (QED) is 0.782. The molecule has 2 heterocycles. The summed E-state index contributed by atoms with van der Waals surface area (Å²) in [5.74, 6) is 0. The SMILES string of the molecule is O=C(NCc1ccccc1CN1CCOCC1)Nc1cn[nH]c1. The van der Waals surface area contributed by atoms with Crippen LogP contribution in [0.5, 0.6) is 0 Å². The Morgan fingerprint density at radius 1 is 1.26 bits per heavy atom. The molecule has 2 aromatic rings. The van der Waals surface area contributed by atoms with Gasteiger partial charge in [-0.25, -0.2) is 4.79 Å². The van der Waals surface area contributed by atoms with Gasteiger partial charge >= 0.3 is 6.03 Å². The molecule has 0 saturated carbocycles. The first kappa shape index (κ1) is 15.5. The molecular weight excluding hydrogens is 294 g/mol. The van der Waals surface area contributed by atoms with Crippen molar-refractivity contribution in [1.29, 1.82) is 0 Å². The molecule has 0 unspecified atom stereocenters. The molecule has 1 fully saturated rings. The van der Waals surface area contributed by atoms with Crippen LogP contribution in [-0.4, -0.2) is 47.4 Å². The lowest BCUT2D eigenvalue weighted by Crippen LogP contribution is -2.36. The number of benzene rings is 1. The second kappa shape index (κ2) is 7.75. The smallest absolute Gasteiger partial charge is 0.319 e. The Morgan fingerprint density at radius 2 is 2.04 bits per heavy atom. The maximum atomic E-state index is 11.9. The van der Waals surface area contributed by atoms with Crippen LogP contribution in [0.3, 0.4) is 0 Å². The second-order valence-corrected chi connectivity index (χ2v) is 5.45. The molecule has 3 rings (SSSR count). The molecule has 3 N–H and O–H groups in total. The van der Waals surface area contributed by atoms with Crippen molar-refractivity contribution in [3.63, 3.8) is 0 Å². The van der Waals surface area contributed by atoms with Crippen LogP contribution in [0.25, 0.3) is 0 Å². The van der Waals surface area contributed by atoms with Crippen LogP contribution in [0.1, 0.15) is 11.1 Å². The number of anilines is 1. The number of nitrogens with one attached hydrogen (secondary N) is 3. The van der Waals surface area contributed by atoms with Crippen LogP contribution in [-0.2, 0) is 17.8 Å². The lowest BCUT2D eigenvalue weighted by molar-refractivity contribution is 0.0341. The first-order chi connectivity index (χ1) is 11.3. The van der Waals surface area contributed by atoms with Gasteiger partial charge < -0.3 is 15.4 Å². The van der Waals surface area contributed by atoms with Crippen molar-refractivity contribution in [3.8, 4) is 0 Å². The number of amides is 2. The van der Waals surface area contributed by atoms with Gasteiger partial charge in [0.25, 0.3) is 0 Å². The van der Waals surface area contributed by atoms with E-state index in [0.717, 1.165) is 38.4 Å². The molecular formula is C16H21N5O2. The molecule has 1 saturated heterocycles. The predicted molar refractivity (Wildman–Crippen MR) is 87.0 cm³/mol. The topological polar surface area (TPSA) is 82.3 Å². The Morgan fingerprint density at radius 3 is 2.78 bits per heavy atom. The molecule has 0 atom stereocenters. The van der Waals surface area contributed by atoms with Gasteiger partial charge in [0.15, 0.2) is 0 Å². The van der Waals surface area contributed by atoms with E-state index < -0.39 is 0 Å². The summed E-state index contributed by atoms with van der Waals surface area (Å²) in [5, 5.41) is 12.0. The molecule has 1 aliphatic heterocycles. The Balaban J connectivity index is 1.55. The van der Waals surface area contributed by atoms with E-state index in [0.29, 0.717) is 12.2 Å². The van der Waals surface area contributed by atoms with Crippen molar-refractivity contribution in [2.75, 3.05) is 31.6 Å². The minimum Gasteiger partial charge on any atom is -0.379 e. The van der Waals surface area contributed by atoms with Gasteiger partial charge in [-0.3, -0.25) is 10.00 Å². The standard InChI is InChI=1S/C16H21N5O2/c22-16(20-15-10-18-19-11-15)17-9-13-3-1-2-4-14(13)12-21-5-7-23-8-6-21/h1-4,10-11H,5-9,12H2,(H,18,19)(H2,17,20,22). The number of carbonyl (C=O) groups is 1. The summed E-state index contributed by atoms with van der Waals surface area (Å²) >= 11 is 0. The zero-order valence-electron chi connectivity index (χ0n) is 12.9. The number of hydrogen-bond acceptors (Lipinski definition) is 4. The monoisotopic (exact) mass is 315 g/mol. The number of carbonyl (C=O) groups excluding carboxylic acids is 1. The molecule has 1 aromatic heterocycles. The highest BCUT2D eigenvalue weighted by atomic mass is 16.5. The average molecular weight is 315 g/mol. The summed E-state index contributed by atoms with van der Waals surface area (Å²) in [6.45, 7) is 4.83. The van der Waals surface area contributed by atoms with E-state index in [9.17, 15) is 4.79 Å². The Hall–Kier alpha value is -2.38. The minimum atomic E-state index is -0.243. The molecule has 7 nitrogen and oxygen atoms in total. The number of rotatable bonds is 5. The third-order valence-electron chi connectivity index (χ3n) is 3.81. The Labute approximate surface area is 135 Å². The Kier molecular flexibility index (Phi) is 5.23. The summed E-state index contributed by atoms with van der Waals surface area (Å²) in [5.41, 5.74) is 3.00. The summed E-state index contributed by atoms with van der Waals surface area (Å²) < 4.78 is 5.38. The third-order valence-corrected chi connectivity index (χ3v) is 3.81. The number of aromatic nitrogens is 2. The highest BCUT2D eigenvalue weighted by Crippen LogP contribution is 2.13. The van der Waals surface area contributed by atoms with Crippen LogP contribution in [0.15, 0.2) is 36.7 Å². The number of nitrogens with zero attached hydrogens (tertiary/aromatic N) is 2. The molecule has 0 radical (unpaired) electrons. The molecule has 2 amide bonds. The summed E-state index contributed by atoms with van der Waals surface area (Å²) in [6.07, 6.45) is 3.19. The van der Waals surface area contributed by atoms with E-state index in [-0.39, 0.29) is 6.03 Å². The maximum Gasteiger partial charge on any atom is 0.319 e. The van der Waals surface area contributed by atoms with Gasteiger partial charge in [-0.1, -0.05) is 24.3 Å². The summed E-state index contributed by atoms with van der Waals surface area (Å²) in [7, 11) is 0. The molecule has 1 aliphatic rings. The second-order valence-electron chi connectivity index (χ2n) is 5.45. The normalized spacial score (nSPS) is 15.3. The fourth-order valence-electron chi connectivity index (χ4n) is 2.55. The van der Waals surface area contributed by atoms with E-state index >= 15 is 0 Å². The third kappa shape index (κ3) is 4.54. The average Bonchev–Trinajstić information content (AvgIpc) is 3.08. The molecule has 0 spiro atoms. The van der Waals surface area contributed by atoms with E-state index in [1.54, 1.807) is 12.4 Å². The fraction of sp³-hybridized carbons (Fsp3) is 0.375. The van der Waals surface area contributed by atoms with Crippen molar-refractivity contribution >= 4 is 11.7 Å². The van der Waals surface area contributed by atoms with Gasteiger partial charge in [-0.05, 0) is 11.1 Å². The van der Waals surface area contributed by atoms with Gasteiger partial charge in [0.2, 0.25) is 0 Å². The molecule has 122 valence electrons. The molecule has 7 heteroatoms. The molecule has 1 aromatic carbocycles. The number of hydrogen-bond donors (Lipinski definition) is 3. The van der Waals surface area contributed by atoms with Crippen LogP contribution in [0, 0.1) is 0 Å². The van der Waals surface area contributed by atoms with Crippen LogP contribution in [0.4, 0.5) is 10.5 Å². The van der Waals surface area contributed by atoms with Crippen molar-refractivity contribution in [2.45, 2.75) is 13.1 Å². The fourth-order valence-corrected chi connectivity index (χ4v) is 2.55.